The van der Waals surface area contributed by atoms with E-state index in [1.54, 1.807) is 0 Å². The molecule has 2 atom stereocenters. The van der Waals surface area contributed by atoms with Crippen LogP contribution in [0, 0.1) is 23.7 Å². The van der Waals surface area contributed by atoms with Crippen LogP contribution in [0.2, 0.25) is 0 Å². The summed E-state index contributed by atoms with van der Waals surface area (Å²) < 4.78 is 6.07. The van der Waals surface area contributed by atoms with E-state index in [0.29, 0.717) is 17.8 Å². The van der Waals surface area contributed by atoms with Crippen molar-refractivity contribution in [2.45, 2.75) is 56.5 Å². The van der Waals surface area contributed by atoms with Gasteiger partial charge in [-0.1, -0.05) is 61.4 Å². The zero-order valence-corrected chi connectivity index (χ0v) is 15.5. The van der Waals surface area contributed by atoms with Gasteiger partial charge in [-0.3, -0.25) is 4.90 Å². The highest BCUT2D eigenvalue weighted by atomic mass is 16.5. The topological polar surface area (TPSA) is 12.5 Å². The molecule has 2 heteroatoms. The van der Waals surface area contributed by atoms with E-state index < -0.39 is 0 Å². The summed E-state index contributed by atoms with van der Waals surface area (Å²) >= 11 is 0. The van der Waals surface area contributed by atoms with E-state index >= 15 is 0 Å². The zero-order valence-electron chi connectivity index (χ0n) is 15.5. The number of benzene rings is 1. The van der Waals surface area contributed by atoms with Gasteiger partial charge in [0.1, 0.15) is 5.60 Å². The number of hydrogen-bond donors (Lipinski definition) is 0. The standard InChI is InChI=1S/C23H31NO/c1-25-23(18-24-16-13-21(23)14-17-24)15-12-22(19-8-4-2-5-9-19)20-10-6-3-7-11-20/h2,4-5,8-9,20-22H,3,6-7,10-11,13-14,16-18H2,1H3. The minimum absolute atomic E-state index is 0.238. The Labute approximate surface area is 152 Å². The maximum Gasteiger partial charge on any atom is 0.143 e. The lowest BCUT2D eigenvalue weighted by atomic mass is 9.73. The number of nitrogens with zero attached hydrogens (tertiary/aromatic N) is 1. The molecule has 3 saturated heterocycles. The fraction of sp³-hybridized carbons (Fsp3) is 0.652. The second-order valence-electron chi connectivity index (χ2n) is 8.20. The molecule has 3 aliphatic heterocycles. The van der Waals surface area contributed by atoms with Crippen molar-refractivity contribution in [3.05, 3.63) is 35.9 Å². The van der Waals surface area contributed by atoms with E-state index in [1.165, 1.54) is 63.6 Å². The molecule has 1 aromatic carbocycles. The summed E-state index contributed by atoms with van der Waals surface area (Å²) in [7, 11) is 1.87. The average molecular weight is 338 g/mol. The van der Waals surface area contributed by atoms with E-state index in [-0.39, 0.29) is 5.60 Å². The Morgan fingerprint density at radius 1 is 1.04 bits per heavy atom. The molecular formula is C23H31NO. The normalized spacial score (nSPS) is 33.5. The second kappa shape index (κ2) is 7.52. The van der Waals surface area contributed by atoms with Gasteiger partial charge >= 0.3 is 0 Å². The Bertz CT molecular complexity index is 616. The molecule has 134 valence electrons. The lowest BCUT2D eigenvalue weighted by molar-refractivity contribution is -0.0962. The molecule has 0 amide bonds. The summed E-state index contributed by atoms with van der Waals surface area (Å²) in [5, 5.41) is 0. The van der Waals surface area contributed by atoms with E-state index in [4.69, 9.17) is 4.74 Å². The second-order valence-corrected chi connectivity index (χ2v) is 8.20. The molecular weight excluding hydrogens is 306 g/mol. The van der Waals surface area contributed by atoms with E-state index in [2.05, 4.69) is 47.1 Å². The van der Waals surface area contributed by atoms with Gasteiger partial charge in [0.05, 0.1) is 0 Å². The van der Waals surface area contributed by atoms with Crippen LogP contribution in [-0.2, 0) is 4.74 Å². The fourth-order valence-electron chi connectivity index (χ4n) is 5.24. The summed E-state index contributed by atoms with van der Waals surface area (Å²) in [6.45, 7) is 3.44. The maximum absolute atomic E-state index is 6.07. The molecule has 4 aliphatic rings. The van der Waals surface area contributed by atoms with Crippen molar-refractivity contribution in [2.24, 2.45) is 11.8 Å². The molecule has 0 N–H and O–H groups in total. The maximum atomic E-state index is 6.07. The Balaban J connectivity index is 1.63. The zero-order chi connectivity index (χ0) is 17.1. The van der Waals surface area contributed by atoms with Gasteiger partial charge in [-0.05, 0) is 50.3 Å². The van der Waals surface area contributed by atoms with Crippen LogP contribution in [0.1, 0.15) is 56.4 Å². The number of rotatable bonds is 3. The van der Waals surface area contributed by atoms with Gasteiger partial charge in [0, 0.05) is 25.5 Å². The van der Waals surface area contributed by atoms with Gasteiger partial charge in [-0.25, -0.2) is 0 Å². The van der Waals surface area contributed by atoms with E-state index in [1.807, 2.05) is 7.11 Å². The van der Waals surface area contributed by atoms with Crippen LogP contribution in [-0.4, -0.2) is 37.2 Å². The predicted octanol–water partition coefficient (Wildman–Crippen LogP) is 4.46. The van der Waals surface area contributed by atoms with Gasteiger partial charge in [-0.2, -0.15) is 0 Å². The predicted molar refractivity (Wildman–Crippen MR) is 102 cm³/mol. The van der Waals surface area contributed by atoms with Gasteiger partial charge in [0.2, 0.25) is 0 Å². The van der Waals surface area contributed by atoms with Gasteiger partial charge in [-0.15, -0.1) is 0 Å². The largest absolute Gasteiger partial charge is 0.364 e. The average Bonchev–Trinajstić information content (AvgIpc) is 2.71. The molecule has 4 fully saturated rings. The van der Waals surface area contributed by atoms with E-state index in [9.17, 15) is 0 Å². The molecule has 3 heterocycles. The number of hydrogen-bond acceptors (Lipinski definition) is 2. The van der Waals surface area contributed by atoms with Crippen LogP contribution in [0.3, 0.4) is 0 Å². The fourth-order valence-corrected chi connectivity index (χ4v) is 5.24. The Hall–Kier alpha value is -1.30. The number of piperidine rings is 3. The highest BCUT2D eigenvalue weighted by molar-refractivity contribution is 5.32. The van der Waals surface area contributed by atoms with Crippen molar-refractivity contribution in [3.8, 4) is 11.8 Å². The van der Waals surface area contributed by atoms with Crippen LogP contribution in [0.4, 0.5) is 0 Å². The van der Waals surface area contributed by atoms with Crippen molar-refractivity contribution >= 4 is 0 Å². The first-order valence-corrected chi connectivity index (χ1v) is 10.2. The van der Waals surface area contributed by atoms with Gasteiger partial charge in [0.15, 0.2) is 0 Å². The third-order valence-electron chi connectivity index (χ3n) is 6.79. The third-order valence-corrected chi connectivity index (χ3v) is 6.79. The van der Waals surface area contributed by atoms with Crippen molar-refractivity contribution in [2.75, 3.05) is 26.7 Å². The lowest BCUT2D eigenvalue weighted by Gasteiger charge is -2.49. The summed E-state index contributed by atoms with van der Waals surface area (Å²) in [6, 6.07) is 11.0. The van der Waals surface area contributed by atoms with Gasteiger partial charge in [0.25, 0.3) is 0 Å². The summed E-state index contributed by atoms with van der Waals surface area (Å²) in [5.41, 5.74) is 1.16. The molecule has 1 aliphatic carbocycles. The number of ether oxygens (including phenoxy) is 1. The molecule has 0 radical (unpaired) electrons. The molecule has 0 spiro atoms. The molecule has 2 bridgehead atoms. The Morgan fingerprint density at radius 3 is 2.36 bits per heavy atom. The smallest absolute Gasteiger partial charge is 0.143 e. The van der Waals surface area contributed by atoms with Crippen molar-refractivity contribution < 1.29 is 4.74 Å². The summed E-state index contributed by atoms with van der Waals surface area (Å²) in [4.78, 5) is 2.54. The molecule has 5 rings (SSSR count). The van der Waals surface area contributed by atoms with Crippen LogP contribution >= 0.6 is 0 Å². The molecule has 25 heavy (non-hydrogen) atoms. The van der Waals surface area contributed by atoms with Crippen LogP contribution < -0.4 is 0 Å². The molecule has 2 nitrogen and oxygen atoms in total. The number of fused-ring (bicyclic) bond motifs is 3. The third kappa shape index (κ3) is 3.50. The minimum atomic E-state index is -0.238. The SMILES string of the molecule is COC1(C#CC(c2ccccc2)C2CCCCC2)CN2CCC1CC2. The quantitative estimate of drug-likeness (QED) is 0.755. The summed E-state index contributed by atoms with van der Waals surface area (Å²) in [6.07, 6.45) is 9.24. The first-order chi connectivity index (χ1) is 12.3. The lowest BCUT2D eigenvalue weighted by Crippen LogP contribution is -2.59. The summed E-state index contributed by atoms with van der Waals surface area (Å²) in [5.74, 6) is 9.13. The monoisotopic (exact) mass is 337 g/mol. The van der Waals surface area contributed by atoms with E-state index in [0.717, 1.165) is 6.54 Å². The van der Waals surface area contributed by atoms with Crippen molar-refractivity contribution in [3.63, 3.8) is 0 Å². The van der Waals surface area contributed by atoms with Crippen LogP contribution in [0.25, 0.3) is 0 Å². The van der Waals surface area contributed by atoms with Crippen molar-refractivity contribution in [1.82, 2.24) is 4.90 Å². The van der Waals surface area contributed by atoms with Crippen LogP contribution in [0.15, 0.2) is 30.3 Å². The number of methoxy groups -OCH3 is 1. The highest BCUT2D eigenvalue weighted by Crippen LogP contribution is 2.39. The van der Waals surface area contributed by atoms with Crippen LogP contribution in [0.5, 0.6) is 0 Å². The van der Waals surface area contributed by atoms with Gasteiger partial charge < -0.3 is 4.74 Å². The molecule has 1 saturated carbocycles. The Kier molecular flexibility index (Phi) is 5.15. The van der Waals surface area contributed by atoms with Crippen molar-refractivity contribution in [1.29, 1.82) is 0 Å². The first kappa shape index (κ1) is 17.1. The first-order valence-electron chi connectivity index (χ1n) is 10.2. The molecule has 0 aromatic heterocycles. The molecule has 1 aromatic rings. The highest BCUT2D eigenvalue weighted by Gasteiger charge is 2.46. The molecule has 2 unspecified atom stereocenters. The minimum Gasteiger partial charge on any atom is -0.364 e. The Morgan fingerprint density at radius 2 is 1.76 bits per heavy atom.